The minimum absolute atomic E-state index is 0.157. The fourth-order valence-corrected chi connectivity index (χ4v) is 5.53. The van der Waals surface area contributed by atoms with Crippen LogP contribution < -0.4 is 9.62 Å². The smallest absolute Gasteiger partial charge is 0.255 e. The van der Waals surface area contributed by atoms with E-state index in [-0.39, 0.29) is 17.0 Å². The first-order valence-electron chi connectivity index (χ1n) is 9.02. The van der Waals surface area contributed by atoms with Gasteiger partial charge in [0.2, 0.25) is 15.9 Å². The molecule has 2 aromatic carbocycles. The van der Waals surface area contributed by atoms with E-state index in [2.05, 4.69) is 10.3 Å². The Hall–Kier alpha value is -3.26. The fourth-order valence-electron chi connectivity index (χ4n) is 3.43. The molecule has 1 aliphatic heterocycles. The SMILES string of the molecule is CC1(C)CS(=O)(=O)N(c2cccc(C(=O)Nc3cccc4cccnc34)c2)C1=O. The van der Waals surface area contributed by atoms with Gasteiger partial charge in [0.05, 0.1) is 28.1 Å². The van der Waals surface area contributed by atoms with Crippen LogP contribution in [0, 0.1) is 5.41 Å². The number of pyridine rings is 1. The van der Waals surface area contributed by atoms with Crippen molar-refractivity contribution in [3.8, 4) is 0 Å². The summed E-state index contributed by atoms with van der Waals surface area (Å²) >= 11 is 0. The van der Waals surface area contributed by atoms with Gasteiger partial charge in [0.1, 0.15) is 0 Å². The van der Waals surface area contributed by atoms with Crippen LogP contribution in [0.4, 0.5) is 11.4 Å². The van der Waals surface area contributed by atoms with E-state index < -0.39 is 27.3 Å². The molecular weight excluding hydrogens is 390 g/mol. The maximum Gasteiger partial charge on any atom is 0.255 e. The van der Waals surface area contributed by atoms with Crippen molar-refractivity contribution in [2.75, 3.05) is 15.4 Å². The van der Waals surface area contributed by atoms with Gasteiger partial charge in [-0.3, -0.25) is 14.6 Å². The van der Waals surface area contributed by atoms with E-state index in [1.165, 1.54) is 12.1 Å². The minimum atomic E-state index is -3.79. The number of fused-ring (bicyclic) bond motifs is 1. The van der Waals surface area contributed by atoms with Gasteiger partial charge in [-0.05, 0) is 44.2 Å². The number of hydrogen-bond acceptors (Lipinski definition) is 5. The second-order valence-corrected chi connectivity index (χ2v) is 9.41. The highest BCUT2D eigenvalue weighted by Gasteiger charge is 2.49. The average molecular weight is 409 g/mol. The lowest BCUT2D eigenvalue weighted by Crippen LogP contribution is -2.33. The normalized spacial score (nSPS) is 17.4. The maximum atomic E-state index is 12.8. The summed E-state index contributed by atoms with van der Waals surface area (Å²) in [6, 6.07) is 15.2. The Morgan fingerprint density at radius 1 is 1.10 bits per heavy atom. The number of rotatable bonds is 3. The van der Waals surface area contributed by atoms with Crippen LogP contribution in [0.5, 0.6) is 0 Å². The number of para-hydroxylation sites is 1. The quantitative estimate of drug-likeness (QED) is 0.717. The van der Waals surface area contributed by atoms with Gasteiger partial charge in [0, 0.05) is 17.1 Å². The van der Waals surface area contributed by atoms with Crippen LogP contribution in [-0.4, -0.2) is 31.0 Å². The summed E-state index contributed by atoms with van der Waals surface area (Å²) in [5, 5.41) is 3.70. The van der Waals surface area contributed by atoms with Crippen LogP contribution in [0.25, 0.3) is 10.9 Å². The van der Waals surface area contributed by atoms with Gasteiger partial charge >= 0.3 is 0 Å². The molecule has 0 saturated carbocycles. The standard InChI is InChI=1S/C21H19N3O4S/c1-21(2)13-29(27,28)24(20(21)26)16-9-3-7-15(12-16)19(25)23-17-10-4-6-14-8-5-11-22-18(14)17/h3-12H,13H2,1-2H3,(H,23,25). The molecule has 0 bridgehead atoms. The summed E-state index contributed by atoms with van der Waals surface area (Å²) < 4.78 is 25.8. The second-order valence-electron chi connectivity index (χ2n) is 7.59. The Bertz CT molecular complexity index is 1250. The van der Waals surface area contributed by atoms with Gasteiger partial charge in [0.15, 0.2) is 0 Å². The Kier molecular flexibility index (Phi) is 4.38. The minimum Gasteiger partial charge on any atom is -0.320 e. The fraction of sp³-hybridized carbons (Fsp3) is 0.190. The van der Waals surface area contributed by atoms with Crippen LogP contribution >= 0.6 is 0 Å². The lowest BCUT2D eigenvalue weighted by Gasteiger charge is -2.18. The van der Waals surface area contributed by atoms with Crippen molar-refractivity contribution >= 4 is 44.1 Å². The van der Waals surface area contributed by atoms with Crippen LogP contribution in [0.1, 0.15) is 24.2 Å². The predicted octanol–water partition coefficient (Wildman–Crippen LogP) is 3.19. The summed E-state index contributed by atoms with van der Waals surface area (Å²) in [7, 11) is -3.79. The van der Waals surface area contributed by atoms with Gasteiger partial charge in [-0.2, -0.15) is 0 Å². The molecule has 0 atom stereocenters. The summed E-state index contributed by atoms with van der Waals surface area (Å²) in [5.41, 5.74) is 0.585. The topological polar surface area (TPSA) is 96.4 Å². The van der Waals surface area contributed by atoms with Crippen molar-refractivity contribution in [2.24, 2.45) is 5.41 Å². The van der Waals surface area contributed by atoms with Crippen LogP contribution in [0.3, 0.4) is 0 Å². The molecule has 0 aliphatic carbocycles. The summed E-state index contributed by atoms with van der Waals surface area (Å²) in [6.07, 6.45) is 1.64. The van der Waals surface area contributed by atoms with E-state index in [9.17, 15) is 18.0 Å². The first-order valence-corrected chi connectivity index (χ1v) is 10.6. The number of carbonyl (C=O) groups is 2. The van der Waals surface area contributed by atoms with Crippen LogP contribution in [0.2, 0.25) is 0 Å². The van der Waals surface area contributed by atoms with E-state index in [0.717, 1.165) is 9.69 Å². The van der Waals surface area contributed by atoms with Gasteiger partial charge in [-0.15, -0.1) is 0 Å². The molecule has 1 N–H and O–H groups in total. The first kappa shape index (κ1) is 19.1. The Morgan fingerprint density at radius 2 is 1.83 bits per heavy atom. The highest BCUT2D eigenvalue weighted by atomic mass is 32.2. The number of carbonyl (C=O) groups excluding carboxylic acids is 2. The Labute approximate surface area is 168 Å². The molecule has 1 aliphatic rings. The largest absolute Gasteiger partial charge is 0.320 e. The highest BCUT2D eigenvalue weighted by Crippen LogP contribution is 2.36. The van der Waals surface area contributed by atoms with E-state index in [0.29, 0.717) is 11.2 Å². The van der Waals surface area contributed by atoms with Crippen molar-refractivity contribution < 1.29 is 18.0 Å². The number of nitrogens with one attached hydrogen (secondary N) is 1. The average Bonchev–Trinajstić information content (AvgIpc) is 2.84. The zero-order valence-corrected chi connectivity index (χ0v) is 16.7. The van der Waals surface area contributed by atoms with Gasteiger partial charge < -0.3 is 5.32 Å². The van der Waals surface area contributed by atoms with Crippen molar-refractivity contribution in [2.45, 2.75) is 13.8 Å². The summed E-state index contributed by atoms with van der Waals surface area (Å²) in [6.45, 7) is 3.19. The zero-order valence-electron chi connectivity index (χ0n) is 15.9. The number of benzene rings is 2. The van der Waals surface area contributed by atoms with Gasteiger partial charge in [-0.1, -0.05) is 24.3 Å². The summed E-state index contributed by atoms with van der Waals surface area (Å²) in [4.78, 5) is 29.7. The third-order valence-corrected chi connectivity index (χ3v) is 6.83. The van der Waals surface area contributed by atoms with E-state index in [4.69, 9.17) is 0 Å². The lowest BCUT2D eigenvalue weighted by atomic mass is 9.95. The number of anilines is 2. The second kappa shape index (κ2) is 6.66. The molecule has 1 saturated heterocycles. The molecule has 0 unspecified atom stereocenters. The molecule has 2 amide bonds. The maximum absolute atomic E-state index is 12.8. The van der Waals surface area contributed by atoms with Crippen molar-refractivity contribution in [3.05, 3.63) is 66.4 Å². The monoisotopic (exact) mass is 409 g/mol. The molecule has 4 rings (SSSR count). The molecule has 1 fully saturated rings. The van der Waals surface area contributed by atoms with Gasteiger partial charge in [0.25, 0.3) is 5.91 Å². The van der Waals surface area contributed by atoms with Crippen LogP contribution in [-0.2, 0) is 14.8 Å². The Balaban J connectivity index is 1.67. The number of sulfonamides is 1. The molecular formula is C21H19N3O4S. The molecule has 3 aromatic rings. The third kappa shape index (κ3) is 3.36. The molecule has 2 heterocycles. The number of nitrogens with zero attached hydrogens (tertiary/aromatic N) is 2. The number of aromatic nitrogens is 1. The summed E-state index contributed by atoms with van der Waals surface area (Å²) in [5.74, 6) is -1.20. The zero-order chi connectivity index (χ0) is 20.8. The predicted molar refractivity (Wildman–Crippen MR) is 111 cm³/mol. The molecule has 0 radical (unpaired) electrons. The number of hydrogen-bond donors (Lipinski definition) is 1. The lowest BCUT2D eigenvalue weighted by molar-refractivity contribution is -0.123. The number of amides is 2. The molecule has 1 aromatic heterocycles. The van der Waals surface area contributed by atoms with Crippen LogP contribution in [0.15, 0.2) is 60.8 Å². The molecule has 0 spiro atoms. The molecule has 148 valence electrons. The van der Waals surface area contributed by atoms with Gasteiger partial charge in [-0.25, -0.2) is 12.7 Å². The van der Waals surface area contributed by atoms with E-state index in [1.54, 1.807) is 38.2 Å². The molecule has 7 nitrogen and oxygen atoms in total. The van der Waals surface area contributed by atoms with E-state index >= 15 is 0 Å². The third-order valence-electron chi connectivity index (χ3n) is 4.81. The van der Waals surface area contributed by atoms with Crippen molar-refractivity contribution in [1.29, 1.82) is 0 Å². The molecule has 29 heavy (non-hydrogen) atoms. The van der Waals surface area contributed by atoms with Crippen molar-refractivity contribution in [3.63, 3.8) is 0 Å². The molecule has 8 heteroatoms. The van der Waals surface area contributed by atoms with Crippen molar-refractivity contribution in [1.82, 2.24) is 4.98 Å². The highest BCUT2D eigenvalue weighted by molar-refractivity contribution is 7.94. The Morgan fingerprint density at radius 3 is 2.55 bits per heavy atom. The first-order chi connectivity index (χ1) is 13.7. The van der Waals surface area contributed by atoms with E-state index in [1.807, 2.05) is 24.3 Å².